The standard InChI is InChI=1S/CH2O3.Mn.H3N.2O/c2-1(3)4;;;;/h(H2,2,3,4);;1H3;;. The molecule has 0 saturated carbocycles. The average molecular weight is 166 g/mol. The summed E-state index contributed by atoms with van der Waals surface area (Å²) in [6.45, 7) is 0. The van der Waals surface area contributed by atoms with Gasteiger partial charge in [-0.2, -0.15) is 0 Å². The van der Waals surface area contributed by atoms with Crippen LogP contribution in [0.4, 0.5) is 4.79 Å². The van der Waals surface area contributed by atoms with Gasteiger partial charge in [0, 0.05) is 0 Å². The topological polar surface area (TPSA) is 131 Å². The zero-order chi connectivity index (χ0) is 6.28. The van der Waals surface area contributed by atoms with Gasteiger partial charge < -0.3 is 21.2 Å². The Hall–Kier alpha value is -0.651. The fourth-order valence-corrected chi connectivity index (χ4v) is 0. The van der Waals surface area contributed by atoms with E-state index in [0.29, 0.717) is 0 Å². The predicted molar refractivity (Wildman–Crippen MR) is 15.4 cm³/mol. The first kappa shape index (κ1) is 15.7. The van der Waals surface area contributed by atoms with Crippen LogP contribution in [0.25, 0.3) is 0 Å². The molecular weight excluding hydrogens is 161 g/mol. The second kappa shape index (κ2) is 16.2. The van der Waals surface area contributed by atoms with E-state index < -0.39 is 21.0 Å². The number of quaternary nitrogens is 1. The molecule has 0 bridgehead atoms. The van der Waals surface area contributed by atoms with Crippen molar-refractivity contribution in [3.63, 3.8) is 0 Å². The molecule has 0 radical (unpaired) electrons. The first-order valence-corrected chi connectivity index (χ1v) is 1.90. The number of carbonyl (C=O) groups is 1. The third-order valence-corrected chi connectivity index (χ3v) is 0. The minimum absolute atomic E-state index is 0. The summed E-state index contributed by atoms with van der Waals surface area (Å²) >= 11 is -1.44. The molecule has 0 aliphatic rings. The molecule has 0 fully saturated rings. The van der Waals surface area contributed by atoms with Gasteiger partial charge in [0.1, 0.15) is 0 Å². The molecule has 0 aromatic carbocycles. The molecule has 0 rings (SSSR count). The number of hydrogen-bond donors (Lipinski definition) is 2. The van der Waals surface area contributed by atoms with Gasteiger partial charge in [0.2, 0.25) is 6.16 Å². The molecule has 0 spiro atoms. The van der Waals surface area contributed by atoms with Crippen molar-refractivity contribution in [2.24, 2.45) is 0 Å². The number of carboxylic acid groups (broad SMARTS) is 2. The molecule has 0 aliphatic heterocycles. The van der Waals surface area contributed by atoms with Crippen molar-refractivity contribution in [3.8, 4) is 0 Å². The fraction of sp³-hybridized carbons (Fsp3) is 0. The maximum atomic E-state index is 8.44. The van der Waals surface area contributed by atoms with Crippen molar-refractivity contribution in [3.05, 3.63) is 0 Å². The Labute approximate surface area is 50.7 Å². The summed E-state index contributed by atoms with van der Waals surface area (Å²) < 4.78 is 16.8. The molecule has 8 heavy (non-hydrogen) atoms. The molecule has 0 aromatic rings. The summed E-state index contributed by atoms with van der Waals surface area (Å²) in [6, 6.07) is 0. The third-order valence-electron chi connectivity index (χ3n) is 0. The van der Waals surface area contributed by atoms with Crippen LogP contribution in [0.2, 0.25) is 0 Å². The van der Waals surface area contributed by atoms with E-state index in [1.165, 1.54) is 0 Å². The first-order valence-electron chi connectivity index (χ1n) is 0.940. The van der Waals surface area contributed by atoms with Gasteiger partial charge in [-0.3, -0.25) is 0 Å². The fourth-order valence-electron chi connectivity index (χ4n) is 0. The van der Waals surface area contributed by atoms with Gasteiger partial charge in [-0.1, -0.05) is 0 Å². The van der Waals surface area contributed by atoms with Crippen molar-refractivity contribution in [2.75, 3.05) is 0 Å². The van der Waals surface area contributed by atoms with Crippen LogP contribution < -0.4 is 11.3 Å². The van der Waals surface area contributed by atoms with Crippen LogP contribution in [0, 0.1) is 0 Å². The normalized spacial score (nSPS) is 4.50. The Bertz CT molecular complexity index is 80.4. The third kappa shape index (κ3) is 239. The van der Waals surface area contributed by atoms with Crippen molar-refractivity contribution in [1.29, 1.82) is 0 Å². The summed E-state index contributed by atoms with van der Waals surface area (Å²) in [6.07, 6.45) is -2.08. The zero-order valence-corrected chi connectivity index (χ0v) is 5.14. The van der Waals surface area contributed by atoms with Crippen molar-refractivity contribution >= 4 is 6.16 Å². The van der Waals surface area contributed by atoms with Gasteiger partial charge in [0.15, 0.2) is 0 Å². The van der Waals surface area contributed by atoms with Crippen LogP contribution in [0.1, 0.15) is 0 Å². The Morgan fingerprint density at radius 1 is 1.50 bits per heavy atom. The molecule has 0 atom stereocenters. The van der Waals surface area contributed by atoms with E-state index in [-0.39, 0.29) is 6.15 Å². The zero-order valence-electron chi connectivity index (χ0n) is 3.96. The molecule has 7 heteroatoms. The van der Waals surface area contributed by atoms with Gasteiger partial charge in [-0.25, -0.2) is 0 Å². The van der Waals surface area contributed by atoms with Crippen LogP contribution in [0.5, 0.6) is 0 Å². The summed E-state index contributed by atoms with van der Waals surface area (Å²) in [4.78, 5) is 8.44. The molecular formula is CH5MnNO5. The number of hydrogen-bond acceptors (Lipinski definition) is 4. The van der Waals surface area contributed by atoms with Gasteiger partial charge in [0.05, 0.1) is 0 Å². The van der Waals surface area contributed by atoms with Crippen molar-refractivity contribution in [1.82, 2.24) is 6.15 Å². The van der Waals surface area contributed by atoms with E-state index in [1.54, 1.807) is 0 Å². The van der Waals surface area contributed by atoms with E-state index in [4.69, 9.17) is 22.7 Å². The SMILES string of the molecule is O=C([O-])O.[NH4+].[O]=[Mn]=[O]. The van der Waals surface area contributed by atoms with Crippen LogP contribution >= 0.6 is 0 Å². The molecule has 0 saturated heterocycles. The van der Waals surface area contributed by atoms with Gasteiger partial charge in [-0.15, -0.1) is 0 Å². The molecule has 51 valence electrons. The Morgan fingerprint density at radius 2 is 1.50 bits per heavy atom. The van der Waals surface area contributed by atoms with Crippen LogP contribution in [0.15, 0.2) is 0 Å². The molecule has 0 aromatic heterocycles. The average Bonchev–Trinajstić information content (AvgIpc) is 1.33. The molecule has 0 aliphatic carbocycles. The minimum atomic E-state index is -2.08. The Morgan fingerprint density at radius 3 is 1.50 bits per heavy atom. The summed E-state index contributed by atoms with van der Waals surface area (Å²) in [7, 11) is 0. The van der Waals surface area contributed by atoms with Gasteiger partial charge >= 0.3 is 22.5 Å². The van der Waals surface area contributed by atoms with Gasteiger partial charge in [-0.05, 0) is 0 Å². The first-order chi connectivity index (χ1) is 3.15. The summed E-state index contributed by atoms with van der Waals surface area (Å²) in [5, 5.41) is 15.3. The van der Waals surface area contributed by atoms with E-state index in [9.17, 15) is 0 Å². The molecule has 0 unspecified atom stereocenters. The van der Waals surface area contributed by atoms with Gasteiger partial charge in [0.25, 0.3) is 0 Å². The predicted octanol–water partition coefficient (Wildman–Crippen LogP) is -0.976. The molecule has 5 N–H and O–H groups in total. The van der Waals surface area contributed by atoms with E-state index in [2.05, 4.69) is 0 Å². The van der Waals surface area contributed by atoms with E-state index in [0.717, 1.165) is 0 Å². The van der Waals surface area contributed by atoms with Crippen LogP contribution in [-0.2, 0) is 22.5 Å². The maximum absolute atomic E-state index is 8.44. The monoisotopic (exact) mass is 166 g/mol. The van der Waals surface area contributed by atoms with E-state index >= 15 is 0 Å². The van der Waals surface area contributed by atoms with Crippen LogP contribution in [-0.4, -0.2) is 11.3 Å². The summed E-state index contributed by atoms with van der Waals surface area (Å²) in [5.74, 6) is 0. The summed E-state index contributed by atoms with van der Waals surface area (Å²) in [5.41, 5.74) is 0. The molecule has 0 amide bonds. The molecule has 6 nitrogen and oxygen atoms in total. The second-order valence-corrected chi connectivity index (χ2v) is 0.526. The van der Waals surface area contributed by atoms with E-state index in [1.807, 2.05) is 0 Å². The quantitative estimate of drug-likeness (QED) is 0.446. The van der Waals surface area contributed by atoms with Crippen LogP contribution in [0.3, 0.4) is 0 Å². The van der Waals surface area contributed by atoms with Crippen molar-refractivity contribution in [2.45, 2.75) is 0 Å². The second-order valence-electron chi connectivity index (χ2n) is 0.329. The number of rotatable bonds is 0. The van der Waals surface area contributed by atoms with Crippen molar-refractivity contribution < 1.29 is 37.5 Å². The Balaban J connectivity index is -0.0000000575. The Kier molecular flexibility index (Phi) is 31.7. The molecule has 0 heterocycles.